The number of ether oxygens (including phenoxy) is 1. The van der Waals surface area contributed by atoms with Crippen molar-refractivity contribution >= 4 is 16.1 Å². The van der Waals surface area contributed by atoms with Gasteiger partial charge in [0.2, 0.25) is 0 Å². The normalized spacial score (nSPS) is 18.7. The van der Waals surface area contributed by atoms with Gasteiger partial charge in [0.1, 0.15) is 0 Å². The Balaban J connectivity index is 2.34. The second-order valence-corrected chi connectivity index (χ2v) is 9.12. The van der Waals surface area contributed by atoms with E-state index in [4.69, 9.17) is 8.92 Å². The van der Waals surface area contributed by atoms with E-state index in [0.29, 0.717) is 12.3 Å². The number of carbonyl (C=O) groups is 1. The first-order valence-corrected chi connectivity index (χ1v) is 10.4. The minimum Gasteiger partial charge on any atom is -0.469 e. The maximum absolute atomic E-state index is 12.3. The number of rotatable bonds is 7. The van der Waals surface area contributed by atoms with Crippen LogP contribution in [-0.2, 0) is 30.3 Å². The van der Waals surface area contributed by atoms with E-state index in [-0.39, 0.29) is 18.5 Å². The molecule has 0 aliphatic heterocycles. The molecule has 25 heavy (non-hydrogen) atoms. The molecule has 0 bridgehead atoms. The summed E-state index contributed by atoms with van der Waals surface area (Å²) in [7, 11) is -2.13. The molecule has 1 aliphatic carbocycles. The minimum atomic E-state index is -3.51. The van der Waals surface area contributed by atoms with Crippen LogP contribution >= 0.6 is 0 Å². The topological polar surface area (TPSA) is 69.7 Å². The average Bonchev–Trinajstić information content (AvgIpc) is 2.90. The SMILES string of the molecule is COC(=O)C(C)(C)C(CCOS(C)(=O)=O)c1ccc2c(c1)C(C)CC2. The molecule has 2 unspecified atom stereocenters. The van der Waals surface area contributed by atoms with Crippen molar-refractivity contribution in [2.24, 2.45) is 5.41 Å². The first-order valence-electron chi connectivity index (χ1n) is 8.61. The van der Waals surface area contributed by atoms with Gasteiger partial charge in [0, 0.05) is 5.92 Å². The van der Waals surface area contributed by atoms with Gasteiger partial charge in [-0.05, 0) is 55.7 Å². The lowest BCUT2D eigenvalue weighted by Crippen LogP contribution is -2.33. The molecule has 1 aromatic rings. The van der Waals surface area contributed by atoms with Crippen molar-refractivity contribution in [1.29, 1.82) is 0 Å². The molecular weight excluding hydrogens is 340 g/mol. The molecule has 2 atom stereocenters. The summed E-state index contributed by atoms with van der Waals surface area (Å²) in [6, 6.07) is 6.35. The summed E-state index contributed by atoms with van der Waals surface area (Å²) in [6.45, 7) is 5.92. The number of esters is 1. The molecule has 2 rings (SSSR count). The second-order valence-electron chi connectivity index (χ2n) is 7.48. The van der Waals surface area contributed by atoms with Crippen molar-refractivity contribution in [2.75, 3.05) is 20.0 Å². The summed E-state index contributed by atoms with van der Waals surface area (Å²) in [5.41, 5.74) is 2.93. The van der Waals surface area contributed by atoms with Crippen LogP contribution in [0.1, 0.15) is 62.1 Å². The van der Waals surface area contributed by atoms with Crippen molar-refractivity contribution in [1.82, 2.24) is 0 Å². The summed E-state index contributed by atoms with van der Waals surface area (Å²) < 4.78 is 32.4. The first-order chi connectivity index (χ1) is 11.6. The number of fused-ring (bicyclic) bond motifs is 1. The standard InChI is InChI=1S/C19H28O5S/c1-13-6-7-14-8-9-15(12-16(13)14)17(10-11-24-25(5,21)22)19(2,3)18(20)23-4/h8-9,12-13,17H,6-7,10-11H2,1-5H3. The fourth-order valence-electron chi connectivity index (χ4n) is 3.71. The summed E-state index contributed by atoms with van der Waals surface area (Å²) in [5.74, 6) is -0.00527. The van der Waals surface area contributed by atoms with Crippen LogP contribution in [0.25, 0.3) is 0 Å². The van der Waals surface area contributed by atoms with E-state index in [1.807, 2.05) is 19.9 Å². The monoisotopic (exact) mass is 368 g/mol. The molecule has 0 radical (unpaired) electrons. The molecular formula is C19H28O5S. The Morgan fingerprint density at radius 1 is 1.36 bits per heavy atom. The molecule has 1 aliphatic rings. The first kappa shape index (κ1) is 19.9. The molecule has 0 saturated heterocycles. The Labute approximate surface area is 150 Å². The summed E-state index contributed by atoms with van der Waals surface area (Å²) in [5, 5.41) is 0. The number of methoxy groups -OCH3 is 1. The van der Waals surface area contributed by atoms with Gasteiger partial charge in [0.05, 0.1) is 25.4 Å². The minimum absolute atomic E-state index is 0.0383. The van der Waals surface area contributed by atoms with Crippen LogP contribution in [-0.4, -0.2) is 34.4 Å². The highest BCUT2D eigenvalue weighted by Crippen LogP contribution is 2.42. The van der Waals surface area contributed by atoms with E-state index < -0.39 is 15.5 Å². The number of hydrogen-bond acceptors (Lipinski definition) is 5. The van der Waals surface area contributed by atoms with E-state index in [1.165, 1.54) is 18.2 Å². The van der Waals surface area contributed by atoms with Gasteiger partial charge in [-0.3, -0.25) is 8.98 Å². The average molecular weight is 368 g/mol. The van der Waals surface area contributed by atoms with Crippen molar-refractivity contribution in [3.8, 4) is 0 Å². The Bertz CT molecular complexity index is 736. The molecule has 0 fully saturated rings. The molecule has 0 spiro atoms. The van der Waals surface area contributed by atoms with Crippen molar-refractivity contribution in [2.45, 2.75) is 51.9 Å². The fourth-order valence-corrected chi connectivity index (χ4v) is 4.11. The lowest BCUT2D eigenvalue weighted by Gasteiger charge is -2.32. The predicted octanol–water partition coefficient (Wildman–Crippen LogP) is 3.39. The van der Waals surface area contributed by atoms with Crippen LogP contribution in [0, 0.1) is 5.41 Å². The van der Waals surface area contributed by atoms with Gasteiger partial charge in [-0.25, -0.2) is 0 Å². The third-order valence-electron chi connectivity index (χ3n) is 5.24. The highest BCUT2D eigenvalue weighted by Gasteiger charge is 2.39. The summed E-state index contributed by atoms with van der Waals surface area (Å²) in [6.07, 6.45) is 3.67. The largest absolute Gasteiger partial charge is 0.469 e. The summed E-state index contributed by atoms with van der Waals surface area (Å²) >= 11 is 0. The molecule has 1 aromatic carbocycles. The molecule has 6 heteroatoms. The Hall–Kier alpha value is -1.40. The van der Waals surface area contributed by atoms with E-state index >= 15 is 0 Å². The van der Waals surface area contributed by atoms with Crippen LogP contribution in [0.3, 0.4) is 0 Å². The maximum atomic E-state index is 12.3. The molecule has 0 saturated carbocycles. The van der Waals surface area contributed by atoms with Gasteiger partial charge >= 0.3 is 5.97 Å². The highest BCUT2D eigenvalue weighted by atomic mass is 32.2. The van der Waals surface area contributed by atoms with Gasteiger partial charge < -0.3 is 4.74 Å². The van der Waals surface area contributed by atoms with Crippen molar-refractivity contribution in [3.63, 3.8) is 0 Å². The third-order valence-corrected chi connectivity index (χ3v) is 5.83. The lowest BCUT2D eigenvalue weighted by atomic mass is 9.72. The zero-order valence-electron chi connectivity index (χ0n) is 15.7. The molecule has 5 nitrogen and oxygen atoms in total. The molecule has 0 heterocycles. The molecule has 0 N–H and O–H groups in total. The number of hydrogen-bond donors (Lipinski definition) is 0. The van der Waals surface area contributed by atoms with Crippen LogP contribution in [0.15, 0.2) is 18.2 Å². The van der Waals surface area contributed by atoms with Gasteiger partial charge in [-0.2, -0.15) is 8.42 Å². The Morgan fingerprint density at radius 2 is 2.04 bits per heavy atom. The Kier molecular flexibility index (Phi) is 5.94. The smallest absolute Gasteiger partial charge is 0.311 e. The maximum Gasteiger partial charge on any atom is 0.311 e. The predicted molar refractivity (Wildman–Crippen MR) is 97.1 cm³/mol. The molecule has 0 amide bonds. The van der Waals surface area contributed by atoms with Crippen molar-refractivity contribution < 1.29 is 22.1 Å². The zero-order chi connectivity index (χ0) is 18.8. The third kappa shape index (κ3) is 4.61. The van der Waals surface area contributed by atoms with Crippen LogP contribution in [0.4, 0.5) is 0 Å². The van der Waals surface area contributed by atoms with E-state index in [2.05, 4.69) is 19.1 Å². The van der Waals surface area contributed by atoms with Crippen LogP contribution in [0.5, 0.6) is 0 Å². The summed E-state index contributed by atoms with van der Waals surface area (Å²) in [4.78, 5) is 12.3. The van der Waals surface area contributed by atoms with Gasteiger partial charge in [0.15, 0.2) is 0 Å². The van der Waals surface area contributed by atoms with Gasteiger partial charge in [0.25, 0.3) is 10.1 Å². The molecule has 140 valence electrons. The second kappa shape index (κ2) is 7.46. The van der Waals surface area contributed by atoms with Crippen LogP contribution in [0.2, 0.25) is 0 Å². The number of aryl methyl sites for hydroxylation is 1. The van der Waals surface area contributed by atoms with Gasteiger partial charge in [-0.15, -0.1) is 0 Å². The zero-order valence-corrected chi connectivity index (χ0v) is 16.5. The van der Waals surface area contributed by atoms with E-state index in [0.717, 1.165) is 24.7 Å². The lowest BCUT2D eigenvalue weighted by molar-refractivity contribution is -0.152. The number of benzene rings is 1. The van der Waals surface area contributed by atoms with Crippen LogP contribution < -0.4 is 0 Å². The van der Waals surface area contributed by atoms with Gasteiger partial charge in [-0.1, -0.05) is 25.1 Å². The molecule has 0 aromatic heterocycles. The Morgan fingerprint density at radius 3 is 2.64 bits per heavy atom. The van der Waals surface area contributed by atoms with E-state index in [1.54, 1.807) is 0 Å². The fraction of sp³-hybridized carbons (Fsp3) is 0.632. The van der Waals surface area contributed by atoms with E-state index in [9.17, 15) is 13.2 Å². The highest BCUT2D eigenvalue weighted by molar-refractivity contribution is 7.85. The van der Waals surface area contributed by atoms with Crippen molar-refractivity contribution in [3.05, 3.63) is 34.9 Å². The number of carbonyl (C=O) groups excluding carboxylic acids is 1. The quantitative estimate of drug-likeness (QED) is 0.545.